The third-order valence-electron chi connectivity index (χ3n) is 7.23. The predicted octanol–water partition coefficient (Wildman–Crippen LogP) is 3.75. The van der Waals surface area contributed by atoms with Crippen LogP contribution in [0.1, 0.15) is 65.2 Å². The van der Waals surface area contributed by atoms with Crippen molar-refractivity contribution in [1.29, 1.82) is 0 Å². The summed E-state index contributed by atoms with van der Waals surface area (Å²) in [7, 11) is 0. The first kappa shape index (κ1) is 13.6. The van der Waals surface area contributed by atoms with Crippen molar-refractivity contribution in [3.05, 3.63) is 0 Å². The van der Waals surface area contributed by atoms with E-state index in [9.17, 15) is 0 Å². The van der Waals surface area contributed by atoms with Crippen LogP contribution in [0.2, 0.25) is 0 Å². The summed E-state index contributed by atoms with van der Waals surface area (Å²) in [6, 6.07) is 0. The van der Waals surface area contributed by atoms with Gasteiger partial charge in [-0.1, -0.05) is 13.8 Å². The number of rotatable bonds is 3. The molecule has 0 aromatic heterocycles. The molecule has 0 aromatic rings. The van der Waals surface area contributed by atoms with Gasteiger partial charge in [0.2, 0.25) is 0 Å². The third-order valence-corrected chi connectivity index (χ3v) is 7.23. The van der Waals surface area contributed by atoms with Gasteiger partial charge in [0.1, 0.15) is 0 Å². The van der Waals surface area contributed by atoms with Gasteiger partial charge in [-0.3, -0.25) is 0 Å². The van der Waals surface area contributed by atoms with Crippen LogP contribution in [-0.4, -0.2) is 24.8 Å². The van der Waals surface area contributed by atoms with Crippen LogP contribution in [0.4, 0.5) is 0 Å². The Kier molecular flexibility index (Phi) is 3.20. The summed E-state index contributed by atoms with van der Waals surface area (Å²) in [5.41, 5.74) is 0.657. The summed E-state index contributed by atoms with van der Waals surface area (Å²) in [5.74, 6) is 3.10. The highest BCUT2D eigenvalue weighted by Gasteiger charge is 2.56. The lowest BCUT2D eigenvalue weighted by Crippen LogP contribution is -2.62. The second-order valence-corrected chi connectivity index (χ2v) is 8.41. The molecular formula is C18H31NO. The number of ether oxygens (including phenoxy) is 1. The molecule has 1 unspecified atom stereocenters. The molecule has 4 saturated carbocycles. The minimum absolute atomic E-state index is 0.117. The zero-order chi connectivity index (χ0) is 13.8. The fourth-order valence-corrected chi connectivity index (χ4v) is 6.40. The molecule has 2 heteroatoms. The third kappa shape index (κ3) is 1.98. The number of nitrogens with one attached hydrogen (secondary N) is 1. The van der Waals surface area contributed by atoms with Crippen molar-refractivity contribution >= 4 is 0 Å². The van der Waals surface area contributed by atoms with Crippen molar-refractivity contribution in [2.24, 2.45) is 23.2 Å². The average Bonchev–Trinajstić information content (AvgIpc) is 2.46. The lowest BCUT2D eigenvalue weighted by Gasteiger charge is -2.61. The molecule has 1 N–H and O–H groups in total. The van der Waals surface area contributed by atoms with Crippen LogP contribution < -0.4 is 5.32 Å². The molecule has 1 atom stereocenters. The highest BCUT2D eigenvalue weighted by Crippen LogP contribution is 2.62. The quantitative estimate of drug-likeness (QED) is 0.848. The molecule has 0 amide bonds. The van der Waals surface area contributed by atoms with E-state index in [2.05, 4.69) is 19.2 Å². The van der Waals surface area contributed by atoms with E-state index in [0.717, 1.165) is 43.7 Å². The molecule has 5 fully saturated rings. The topological polar surface area (TPSA) is 21.3 Å². The first-order chi connectivity index (χ1) is 9.67. The molecule has 0 aromatic carbocycles. The second kappa shape index (κ2) is 4.71. The van der Waals surface area contributed by atoms with Crippen molar-refractivity contribution in [2.45, 2.75) is 76.9 Å². The standard InChI is InChI=1S/C18H31NO/c1-3-18(4-2)12-19-11-16(20-18)17-8-13-5-14(9-17)7-15(6-13)10-17/h13-16,19H,3-12H2,1-2H3. The Balaban J connectivity index is 1.57. The summed E-state index contributed by atoms with van der Waals surface area (Å²) in [6.07, 6.45) is 11.8. The van der Waals surface area contributed by atoms with E-state index in [-0.39, 0.29) is 5.60 Å². The minimum Gasteiger partial charge on any atom is -0.369 e. The van der Waals surface area contributed by atoms with E-state index in [4.69, 9.17) is 4.74 Å². The highest BCUT2D eigenvalue weighted by atomic mass is 16.5. The normalized spacial score (nSPS) is 49.5. The van der Waals surface area contributed by atoms with E-state index in [0.29, 0.717) is 11.5 Å². The Bertz CT molecular complexity index is 338. The molecule has 2 nitrogen and oxygen atoms in total. The van der Waals surface area contributed by atoms with E-state index >= 15 is 0 Å². The minimum atomic E-state index is 0.117. The first-order valence-electron chi connectivity index (χ1n) is 9.05. The van der Waals surface area contributed by atoms with Crippen LogP contribution in [0.15, 0.2) is 0 Å². The largest absolute Gasteiger partial charge is 0.369 e. The van der Waals surface area contributed by atoms with Gasteiger partial charge >= 0.3 is 0 Å². The molecule has 1 aliphatic heterocycles. The number of morpholine rings is 1. The SMILES string of the molecule is CCC1(CC)CNCC(C23CC4CC(CC(C4)C2)C3)O1. The molecule has 4 aliphatic carbocycles. The van der Waals surface area contributed by atoms with E-state index in [1.807, 2.05) is 0 Å². The monoisotopic (exact) mass is 277 g/mol. The van der Waals surface area contributed by atoms with Crippen molar-refractivity contribution in [1.82, 2.24) is 5.32 Å². The summed E-state index contributed by atoms with van der Waals surface area (Å²) in [4.78, 5) is 0. The molecule has 0 radical (unpaired) electrons. The van der Waals surface area contributed by atoms with Gasteiger partial charge in [-0.2, -0.15) is 0 Å². The summed E-state index contributed by atoms with van der Waals surface area (Å²) in [6.45, 7) is 6.76. The van der Waals surface area contributed by atoms with Crippen LogP contribution in [0.3, 0.4) is 0 Å². The smallest absolute Gasteiger partial charge is 0.0805 e. The fraction of sp³-hybridized carbons (Fsp3) is 1.00. The Morgan fingerprint density at radius 2 is 1.50 bits per heavy atom. The Morgan fingerprint density at radius 3 is 2.00 bits per heavy atom. The van der Waals surface area contributed by atoms with Crippen LogP contribution in [0.5, 0.6) is 0 Å². The second-order valence-electron chi connectivity index (χ2n) is 8.41. The molecule has 5 aliphatic rings. The molecular weight excluding hydrogens is 246 g/mol. The fourth-order valence-electron chi connectivity index (χ4n) is 6.40. The van der Waals surface area contributed by atoms with Crippen LogP contribution in [-0.2, 0) is 4.74 Å². The maximum Gasteiger partial charge on any atom is 0.0805 e. The Hall–Kier alpha value is -0.0800. The molecule has 1 saturated heterocycles. The lowest BCUT2D eigenvalue weighted by molar-refractivity contribution is -0.206. The van der Waals surface area contributed by atoms with E-state index in [1.165, 1.54) is 38.5 Å². The number of hydrogen-bond acceptors (Lipinski definition) is 2. The molecule has 0 spiro atoms. The van der Waals surface area contributed by atoms with Gasteiger partial charge in [-0.25, -0.2) is 0 Å². The van der Waals surface area contributed by atoms with Gasteiger partial charge in [-0.05, 0) is 74.5 Å². The van der Waals surface area contributed by atoms with Gasteiger partial charge in [0.25, 0.3) is 0 Å². The maximum absolute atomic E-state index is 6.79. The van der Waals surface area contributed by atoms with Crippen LogP contribution >= 0.6 is 0 Å². The molecule has 20 heavy (non-hydrogen) atoms. The zero-order valence-electron chi connectivity index (χ0n) is 13.3. The summed E-state index contributed by atoms with van der Waals surface area (Å²) in [5, 5.41) is 3.73. The number of hydrogen-bond donors (Lipinski definition) is 1. The van der Waals surface area contributed by atoms with Crippen molar-refractivity contribution in [2.75, 3.05) is 13.1 Å². The van der Waals surface area contributed by atoms with Crippen molar-refractivity contribution in [3.8, 4) is 0 Å². The van der Waals surface area contributed by atoms with Gasteiger partial charge < -0.3 is 10.1 Å². The molecule has 114 valence electrons. The highest BCUT2D eigenvalue weighted by molar-refractivity contribution is 5.07. The Labute approximate surface area is 124 Å². The molecule has 4 bridgehead atoms. The first-order valence-corrected chi connectivity index (χ1v) is 9.05. The predicted molar refractivity (Wildman–Crippen MR) is 81.7 cm³/mol. The van der Waals surface area contributed by atoms with Gasteiger partial charge in [-0.15, -0.1) is 0 Å². The van der Waals surface area contributed by atoms with Gasteiger partial charge in [0, 0.05) is 13.1 Å². The Morgan fingerprint density at radius 1 is 0.950 bits per heavy atom. The summed E-state index contributed by atoms with van der Waals surface area (Å²) < 4.78 is 6.79. The van der Waals surface area contributed by atoms with E-state index < -0.39 is 0 Å². The zero-order valence-corrected chi connectivity index (χ0v) is 13.3. The molecule has 5 rings (SSSR count). The average molecular weight is 277 g/mol. The van der Waals surface area contributed by atoms with E-state index in [1.54, 1.807) is 0 Å². The summed E-state index contributed by atoms with van der Waals surface area (Å²) >= 11 is 0. The van der Waals surface area contributed by atoms with Crippen molar-refractivity contribution in [3.63, 3.8) is 0 Å². The van der Waals surface area contributed by atoms with Crippen molar-refractivity contribution < 1.29 is 4.74 Å². The van der Waals surface area contributed by atoms with Gasteiger partial charge in [0.05, 0.1) is 11.7 Å². The van der Waals surface area contributed by atoms with Crippen LogP contribution in [0, 0.1) is 23.2 Å². The maximum atomic E-state index is 6.79. The van der Waals surface area contributed by atoms with Gasteiger partial charge in [0.15, 0.2) is 0 Å². The van der Waals surface area contributed by atoms with Crippen LogP contribution in [0.25, 0.3) is 0 Å². The lowest BCUT2D eigenvalue weighted by atomic mass is 9.48. The molecule has 1 heterocycles.